The number of carboxylic acids is 1. The number of anilines is 1. The summed E-state index contributed by atoms with van der Waals surface area (Å²) in [5.41, 5.74) is 1.74. The van der Waals surface area contributed by atoms with Gasteiger partial charge in [0.05, 0.1) is 11.6 Å². The number of hydrogen-bond acceptors (Lipinski definition) is 3. The van der Waals surface area contributed by atoms with E-state index in [1.165, 1.54) is 0 Å². The molecule has 0 aliphatic heterocycles. The van der Waals surface area contributed by atoms with Gasteiger partial charge in [-0.2, -0.15) is 0 Å². The fraction of sp³-hybridized carbons (Fsp3) is 0.444. The van der Waals surface area contributed by atoms with Gasteiger partial charge in [-0.1, -0.05) is 11.1 Å². The summed E-state index contributed by atoms with van der Waals surface area (Å²) >= 11 is 0. The van der Waals surface area contributed by atoms with Crippen molar-refractivity contribution < 1.29 is 23.5 Å². The van der Waals surface area contributed by atoms with Gasteiger partial charge < -0.3 is 15.2 Å². The van der Waals surface area contributed by atoms with E-state index >= 15 is 0 Å². The summed E-state index contributed by atoms with van der Waals surface area (Å²) in [5, 5.41) is 14.0. The van der Waals surface area contributed by atoms with E-state index in [4.69, 9.17) is 0 Å². The van der Waals surface area contributed by atoms with Crippen molar-refractivity contribution in [2.75, 3.05) is 5.32 Å². The highest BCUT2D eigenvalue weighted by molar-refractivity contribution is 5.96. The van der Waals surface area contributed by atoms with Crippen LogP contribution in [0.15, 0.2) is 29.3 Å². The smallest absolute Gasteiger partial charge is 0.228 e. The molecule has 24 heavy (non-hydrogen) atoms. The SMILES string of the molecule is CC(C)=C1[C@@H]2CC[C@@H]1[C@@H](C(=O)Nc1cc(F)ccc1F)[C@H]2C(=O)[O-]. The zero-order valence-corrected chi connectivity index (χ0v) is 13.4. The first kappa shape index (κ1) is 16.6. The Morgan fingerprint density at radius 3 is 2.33 bits per heavy atom. The van der Waals surface area contributed by atoms with Crippen LogP contribution in [0.4, 0.5) is 14.5 Å². The number of hydrogen-bond donors (Lipinski definition) is 1. The summed E-state index contributed by atoms with van der Waals surface area (Å²) in [7, 11) is 0. The quantitative estimate of drug-likeness (QED) is 0.862. The molecule has 3 rings (SSSR count). The van der Waals surface area contributed by atoms with Crippen LogP contribution in [0.25, 0.3) is 0 Å². The number of aliphatic carboxylic acids is 1. The third-order valence-electron chi connectivity index (χ3n) is 5.18. The summed E-state index contributed by atoms with van der Waals surface area (Å²) in [6.45, 7) is 3.80. The van der Waals surface area contributed by atoms with Gasteiger partial charge in [-0.25, -0.2) is 8.78 Å². The largest absolute Gasteiger partial charge is 0.550 e. The lowest BCUT2D eigenvalue weighted by atomic mass is 9.78. The summed E-state index contributed by atoms with van der Waals surface area (Å²) in [6.07, 6.45) is 1.43. The first-order valence-corrected chi connectivity index (χ1v) is 7.95. The Morgan fingerprint density at radius 2 is 1.75 bits per heavy atom. The van der Waals surface area contributed by atoms with Gasteiger partial charge in [-0.15, -0.1) is 0 Å². The van der Waals surface area contributed by atoms with E-state index < -0.39 is 35.3 Å². The summed E-state index contributed by atoms with van der Waals surface area (Å²) in [5.74, 6) is -5.44. The van der Waals surface area contributed by atoms with E-state index in [0.29, 0.717) is 6.42 Å². The maximum atomic E-state index is 13.7. The zero-order valence-electron chi connectivity index (χ0n) is 13.4. The first-order chi connectivity index (χ1) is 11.3. The van der Waals surface area contributed by atoms with Gasteiger partial charge in [-0.05, 0) is 50.7 Å². The van der Waals surface area contributed by atoms with Gasteiger partial charge in [0.25, 0.3) is 0 Å². The minimum Gasteiger partial charge on any atom is -0.550 e. The molecule has 0 unspecified atom stereocenters. The molecule has 1 N–H and O–H groups in total. The number of carbonyl (C=O) groups excluding carboxylic acids is 2. The lowest BCUT2D eigenvalue weighted by molar-refractivity contribution is -0.314. The first-order valence-electron chi connectivity index (χ1n) is 7.95. The van der Waals surface area contributed by atoms with Crippen molar-refractivity contribution in [1.82, 2.24) is 0 Å². The van der Waals surface area contributed by atoms with Crippen LogP contribution in [0, 0.1) is 35.3 Å². The fourth-order valence-corrected chi connectivity index (χ4v) is 4.40. The molecule has 2 bridgehead atoms. The van der Waals surface area contributed by atoms with Gasteiger partial charge in [0.1, 0.15) is 11.6 Å². The van der Waals surface area contributed by atoms with Crippen molar-refractivity contribution in [3.05, 3.63) is 41.0 Å². The van der Waals surface area contributed by atoms with Crippen LogP contribution in [0.3, 0.4) is 0 Å². The molecule has 0 spiro atoms. The predicted molar refractivity (Wildman–Crippen MR) is 81.6 cm³/mol. The molecule has 2 aliphatic rings. The van der Waals surface area contributed by atoms with E-state index in [-0.39, 0.29) is 17.5 Å². The van der Waals surface area contributed by atoms with Gasteiger partial charge >= 0.3 is 0 Å². The minimum absolute atomic E-state index is 0.181. The Morgan fingerprint density at radius 1 is 1.12 bits per heavy atom. The maximum absolute atomic E-state index is 13.7. The number of amides is 1. The molecule has 0 aromatic heterocycles. The molecule has 2 saturated carbocycles. The highest BCUT2D eigenvalue weighted by atomic mass is 19.1. The molecule has 1 aromatic carbocycles. The van der Waals surface area contributed by atoms with E-state index in [2.05, 4.69) is 5.32 Å². The van der Waals surface area contributed by atoms with Crippen molar-refractivity contribution in [3.8, 4) is 0 Å². The second-order valence-electron chi connectivity index (χ2n) is 6.73. The molecule has 1 aromatic rings. The molecule has 2 aliphatic carbocycles. The maximum Gasteiger partial charge on any atom is 0.228 e. The zero-order chi connectivity index (χ0) is 17.6. The highest BCUT2D eigenvalue weighted by Gasteiger charge is 2.54. The predicted octanol–water partition coefficient (Wildman–Crippen LogP) is 2.26. The van der Waals surface area contributed by atoms with Crippen LogP contribution in [0.1, 0.15) is 26.7 Å². The van der Waals surface area contributed by atoms with Crippen molar-refractivity contribution in [3.63, 3.8) is 0 Å². The number of benzene rings is 1. The number of allylic oxidation sites excluding steroid dienone is 2. The number of carboxylic acid groups (broad SMARTS) is 1. The Hall–Kier alpha value is -2.24. The molecule has 4 nitrogen and oxygen atoms in total. The molecule has 0 radical (unpaired) electrons. The molecule has 6 heteroatoms. The van der Waals surface area contributed by atoms with Crippen LogP contribution >= 0.6 is 0 Å². The van der Waals surface area contributed by atoms with Crippen molar-refractivity contribution in [1.29, 1.82) is 0 Å². The lowest BCUT2D eigenvalue weighted by Crippen LogP contribution is -2.44. The fourth-order valence-electron chi connectivity index (χ4n) is 4.40. The summed E-state index contributed by atoms with van der Waals surface area (Å²) < 4.78 is 27.0. The molecule has 4 atom stereocenters. The van der Waals surface area contributed by atoms with E-state index in [1.54, 1.807) is 0 Å². The third-order valence-corrected chi connectivity index (χ3v) is 5.18. The van der Waals surface area contributed by atoms with Crippen LogP contribution in [-0.2, 0) is 9.59 Å². The molecular formula is C18H18F2NO3-. The Labute approximate surface area is 138 Å². The molecular weight excluding hydrogens is 316 g/mol. The Bertz CT molecular complexity index is 740. The van der Waals surface area contributed by atoms with Crippen molar-refractivity contribution >= 4 is 17.6 Å². The van der Waals surface area contributed by atoms with Gasteiger partial charge in [0.2, 0.25) is 5.91 Å². The number of nitrogens with one attached hydrogen (secondary N) is 1. The molecule has 2 fully saturated rings. The molecule has 1 amide bonds. The van der Waals surface area contributed by atoms with Crippen LogP contribution < -0.4 is 10.4 Å². The van der Waals surface area contributed by atoms with Crippen LogP contribution in [0.5, 0.6) is 0 Å². The van der Waals surface area contributed by atoms with Gasteiger partial charge in [-0.3, -0.25) is 4.79 Å². The van der Waals surface area contributed by atoms with Gasteiger partial charge in [0.15, 0.2) is 0 Å². The number of rotatable bonds is 3. The van der Waals surface area contributed by atoms with E-state index in [9.17, 15) is 23.5 Å². The Balaban J connectivity index is 1.92. The normalized spacial score (nSPS) is 28.1. The van der Waals surface area contributed by atoms with E-state index in [0.717, 1.165) is 35.8 Å². The molecule has 128 valence electrons. The van der Waals surface area contributed by atoms with Crippen molar-refractivity contribution in [2.45, 2.75) is 26.7 Å². The standard InChI is InChI=1S/C18H19F2NO3/c1-8(2)14-10-4-5-11(14)16(18(23)24)15(10)17(22)21-13-7-9(19)3-6-12(13)20/h3,6-7,10-11,15-16H,4-5H2,1-2H3,(H,21,22)(H,23,24)/p-1/t10-,11-,15+,16-/m0/s1. The highest BCUT2D eigenvalue weighted by Crippen LogP contribution is 2.57. The minimum atomic E-state index is -1.26. The average Bonchev–Trinajstić information content (AvgIpc) is 3.06. The van der Waals surface area contributed by atoms with E-state index in [1.807, 2.05) is 13.8 Å². The summed E-state index contributed by atoms with van der Waals surface area (Å²) in [4.78, 5) is 24.2. The number of halogens is 2. The van der Waals surface area contributed by atoms with Gasteiger partial charge in [0, 0.05) is 18.0 Å². The van der Waals surface area contributed by atoms with Crippen LogP contribution in [0.2, 0.25) is 0 Å². The Kier molecular flexibility index (Phi) is 4.15. The molecule has 0 heterocycles. The third kappa shape index (κ3) is 2.60. The average molecular weight is 334 g/mol. The van der Waals surface area contributed by atoms with Crippen LogP contribution in [-0.4, -0.2) is 11.9 Å². The monoisotopic (exact) mass is 334 g/mol. The second kappa shape index (κ2) is 6.00. The summed E-state index contributed by atoms with van der Waals surface area (Å²) in [6, 6.07) is 2.76. The topological polar surface area (TPSA) is 69.2 Å². The lowest BCUT2D eigenvalue weighted by Gasteiger charge is -2.30. The number of fused-ring (bicyclic) bond motifs is 2. The second-order valence-corrected chi connectivity index (χ2v) is 6.73. The molecule has 0 saturated heterocycles. The van der Waals surface area contributed by atoms with Crippen molar-refractivity contribution in [2.24, 2.45) is 23.7 Å². The number of carbonyl (C=O) groups is 2.